The van der Waals surface area contributed by atoms with Crippen molar-refractivity contribution in [3.63, 3.8) is 0 Å². The second-order valence-electron chi connectivity index (χ2n) is 0.500. The Hall–Kier alpha value is 1.01. The molecular formula is C9H28NU-. The van der Waals surface area contributed by atoms with Crippen molar-refractivity contribution in [3.05, 3.63) is 6.92 Å². The summed E-state index contributed by atoms with van der Waals surface area (Å²) in [4.78, 5) is 0. The molecule has 0 fully saturated rings. The van der Waals surface area contributed by atoms with Crippen LogP contribution in [0, 0.1) is 38.0 Å². The summed E-state index contributed by atoms with van der Waals surface area (Å²) in [5.41, 5.74) is 0. The van der Waals surface area contributed by atoms with Crippen LogP contribution in [0.25, 0.3) is 0 Å². The topological polar surface area (TPSA) is 35.0 Å². The minimum Gasteiger partial charge on any atom is -0.344 e. The summed E-state index contributed by atoms with van der Waals surface area (Å²) < 4.78 is 0. The van der Waals surface area contributed by atoms with E-state index in [4.69, 9.17) is 0 Å². The summed E-state index contributed by atoms with van der Waals surface area (Å²) >= 11 is 0. The van der Waals surface area contributed by atoms with Crippen molar-refractivity contribution in [2.24, 2.45) is 0 Å². The van der Waals surface area contributed by atoms with E-state index in [9.17, 15) is 0 Å². The molecule has 0 aliphatic heterocycles. The van der Waals surface area contributed by atoms with Crippen molar-refractivity contribution in [3.8, 4) is 0 Å². The summed E-state index contributed by atoms with van der Waals surface area (Å²) in [6, 6.07) is 0. The third-order valence-corrected chi connectivity index (χ3v) is 0. The maximum atomic E-state index is 3.49. The molecule has 74 valence electrons. The van der Waals surface area contributed by atoms with Crippen molar-refractivity contribution in [2.75, 3.05) is 0 Å². The van der Waals surface area contributed by atoms with E-state index in [0.29, 0.717) is 0 Å². The fourth-order valence-electron chi connectivity index (χ4n) is 0. The van der Waals surface area contributed by atoms with Crippen molar-refractivity contribution in [2.45, 2.75) is 54.9 Å². The molecule has 0 saturated heterocycles. The normalized spacial score (nSPS) is 3.27. The Kier molecular flexibility index (Phi) is 999. The molecule has 11 heavy (non-hydrogen) atoms. The van der Waals surface area contributed by atoms with Crippen LogP contribution in [0.15, 0.2) is 0 Å². The Bertz CT molecular complexity index is 9.52. The van der Waals surface area contributed by atoms with Gasteiger partial charge < -0.3 is 13.1 Å². The average molecular weight is 388 g/mol. The van der Waals surface area contributed by atoms with Gasteiger partial charge in [0.25, 0.3) is 0 Å². The Labute approximate surface area is 98.7 Å². The number of hydrogen-bond donors (Lipinski definition) is 1. The molecule has 0 saturated carbocycles. The third kappa shape index (κ3) is 873. The molecule has 0 bridgehead atoms. The van der Waals surface area contributed by atoms with Crippen LogP contribution in [-0.2, 0) is 0 Å². The van der Waals surface area contributed by atoms with E-state index in [0.717, 1.165) is 6.42 Å². The van der Waals surface area contributed by atoms with E-state index in [1.807, 2.05) is 48.5 Å². The van der Waals surface area contributed by atoms with E-state index in [-0.39, 0.29) is 37.3 Å². The summed E-state index contributed by atoms with van der Waals surface area (Å²) in [7, 11) is 0. The summed E-state index contributed by atoms with van der Waals surface area (Å²) in [5.74, 6) is 0. The van der Waals surface area contributed by atoms with Crippen LogP contribution >= 0.6 is 0 Å². The van der Waals surface area contributed by atoms with Gasteiger partial charge >= 0.3 is 0 Å². The van der Waals surface area contributed by atoms with Gasteiger partial charge in [0.1, 0.15) is 0 Å². The molecule has 1 nitrogen and oxygen atoms in total. The van der Waals surface area contributed by atoms with Gasteiger partial charge in [-0.25, -0.2) is 0 Å². The van der Waals surface area contributed by atoms with Crippen LogP contribution in [-0.4, -0.2) is 0 Å². The molecule has 0 spiro atoms. The fraction of sp³-hybridized carbons (Fsp3) is 0.889. The van der Waals surface area contributed by atoms with Crippen LogP contribution in [0.3, 0.4) is 0 Å². The third-order valence-electron chi connectivity index (χ3n) is 0. The monoisotopic (exact) mass is 388 g/mol. The van der Waals surface area contributed by atoms with Crippen LogP contribution in [0.1, 0.15) is 54.9 Å². The van der Waals surface area contributed by atoms with Gasteiger partial charge in [0.2, 0.25) is 0 Å². The van der Waals surface area contributed by atoms with Crippen molar-refractivity contribution in [1.82, 2.24) is 6.15 Å². The van der Waals surface area contributed by atoms with Crippen LogP contribution in [0.5, 0.6) is 0 Å². The zero-order valence-corrected chi connectivity index (χ0v) is 13.8. The Morgan fingerprint density at radius 2 is 0.818 bits per heavy atom. The summed E-state index contributed by atoms with van der Waals surface area (Å²) in [5, 5.41) is 0. The maximum Gasteiger partial charge on any atom is 0 e. The van der Waals surface area contributed by atoms with E-state index in [1.54, 1.807) is 0 Å². The molecule has 3 N–H and O–H groups in total. The standard InChI is InChI=1S/C3H7.3C2H6.H3N.U/c1-3-2;3*1-2;;/h1,3H2,2H3;3*1-2H3;1H3;/q-1;;;;;. The molecule has 0 heterocycles. The second-order valence-corrected chi connectivity index (χ2v) is 0.500. The Morgan fingerprint density at radius 3 is 0.818 bits per heavy atom. The minimum atomic E-state index is 0. The van der Waals surface area contributed by atoms with Crippen LogP contribution < -0.4 is 6.15 Å². The molecule has 2 heteroatoms. The van der Waals surface area contributed by atoms with E-state index < -0.39 is 0 Å². The quantitative estimate of drug-likeness (QED) is 0.611. The summed E-state index contributed by atoms with van der Waals surface area (Å²) in [6.45, 7) is 17.5. The van der Waals surface area contributed by atoms with Gasteiger partial charge in [0.05, 0.1) is 0 Å². The van der Waals surface area contributed by atoms with Crippen molar-refractivity contribution < 1.29 is 31.1 Å². The predicted octanol–water partition coefficient (Wildman–Crippen LogP) is 4.47. The maximum absolute atomic E-state index is 3.49. The van der Waals surface area contributed by atoms with Gasteiger partial charge in [0.15, 0.2) is 0 Å². The Balaban J connectivity index is -0.00000000729. The molecule has 0 unspecified atom stereocenters. The van der Waals surface area contributed by atoms with E-state index >= 15 is 0 Å². The second kappa shape index (κ2) is 273. The first-order valence-corrected chi connectivity index (χ1v) is 4.21. The van der Waals surface area contributed by atoms with Crippen molar-refractivity contribution in [1.29, 1.82) is 0 Å². The van der Waals surface area contributed by atoms with Gasteiger partial charge in [-0.05, 0) is 0 Å². The molecular weight excluding hydrogens is 360 g/mol. The molecule has 0 aromatic heterocycles. The molecule has 0 aliphatic rings. The van der Waals surface area contributed by atoms with Crippen LogP contribution in [0.4, 0.5) is 0 Å². The first-order chi connectivity index (χ1) is 4.41. The molecule has 0 atom stereocenters. The largest absolute Gasteiger partial charge is 0.344 e. The van der Waals surface area contributed by atoms with Gasteiger partial charge in [-0.3, -0.25) is 0 Å². The zero-order chi connectivity index (χ0) is 8.71. The zero-order valence-electron chi connectivity index (χ0n) is 9.62. The molecule has 0 aromatic carbocycles. The van der Waals surface area contributed by atoms with Crippen molar-refractivity contribution >= 4 is 0 Å². The van der Waals surface area contributed by atoms with Gasteiger partial charge in [-0.1, -0.05) is 48.5 Å². The molecule has 0 amide bonds. The molecule has 0 aromatic rings. The average Bonchev–Trinajstić information content (AvgIpc) is 2.01. The van der Waals surface area contributed by atoms with Gasteiger partial charge in [-0.2, -0.15) is 6.42 Å². The van der Waals surface area contributed by atoms with E-state index in [2.05, 4.69) is 6.92 Å². The smallest absolute Gasteiger partial charge is 0 e. The Morgan fingerprint density at radius 1 is 0.818 bits per heavy atom. The minimum absolute atomic E-state index is 0. The first kappa shape index (κ1) is 40.3. The molecule has 0 radical (unpaired) electrons. The van der Waals surface area contributed by atoms with Crippen LogP contribution in [0.2, 0.25) is 0 Å². The molecule has 0 rings (SSSR count). The predicted molar refractivity (Wildman–Crippen MR) is 54.7 cm³/mol. The first-order valence-electron chi connectivity index (χ1n) is 4.21. The van der Waals surface area contributed by atoms with Gasteiger partial charge in [0, 0.05) is 31.1 Å². The fourth-order valence-corrected chi connectivity index (χ4v) is 0. The summed E-state index contributed by atoms with van der Waals surface area (Å²) in [6.07, 6.45) is 1.00. The van der Waals surface area contributed by atoms with Gasteiger partial charge in [-0.15, -0.1) is 0 Å². The van der Waals surface area contributed by atoms with E-state index in [1.165, 1.54) is 0 Å². The molecule has 0 aliphatic carbocycles. The number of rotatable bonds is 0. The SMILES string of the molecule is CC.CC.CC.N.[CH2-]CC.[U]. The number of hydrogen-bond acceptors (Lipinski definition) is 1.